The van der Waals surface area contributed by atoms with E-state index < -0.39 is 0 Å². The van der Waals surface area contributed by atoms with Crippen LogP contribution in [0.3, 0.4) is 0 Å². The summed E-state index contributed by atoms with van der Waals surface area (Å²) < 4.78 is 5.64. The molecule has 1 aromatic heterocycles. The summed E-state index contributed by atoms with van der Waals surface area (Å²) in [6, 6.07) is 7.23. The summed E-state index contributed by atoms with van der Waals surface area (Å²) in [7, 11) is 1.78. The Kier molecular flexibility index (Phi) is 5.88. The van der Waals surface area contributed by atoms with E-state index in [1.807, 2.05) is 19.1 Å². The molecule has 2 rings (SSSR count). The van der Waals surface area contributed by atoms with Crippen molar-refractivity contribution >= 4 is 28.8 Å². The van der Waals surface area contributed by atoms with Crippen LogP contribution in [0.25, 0.3) is 0 Å². The van der Waals surface area contributed by atoms with Crippen molar-refractivity contribution in [1.29, 1.82) is 0 Å². The van der Waals surface area contributed by atoms with Crippen molar-refractivity contribution in [2.75, 3.05) is 20.2 Å². The van der Waals surface area contributed by atoms with Crippen molar-refractivity contribution in [3.05, 3.63) is 44.9 Å². The number of hydrogen-bond donors (Lipinski definition) is 0. The van der Waals surface area contributed by atoms with E-state index in [4.69, 9.17) is 16.3 Å². The zero-order chi connectivity index (χ0) is 17.9. The lowest BCUT2D eigenvalue weighted by Gasteiger charge is -2.17. The highest BCUT2D eigenvalue weighted by Crippen LogP contribution is 2.29. The van der Waals surface area contributed by atoms with E-state index in [1.54, 1.807) is 24.1 Å². The van der Waals surface area contributed by atoms with Crippen LogP contribution in [0.2, 0.25) is 5.02 Å². The van der Waals surface area contributed by atoms with Crippen LogP contribution < -0.4 is 4.74 Å². The predicted octanol–water partition coefficient (Wildman–Crippen LogP) is 4.55. The smallest absolute Gasteiger partial charge is 0.265 e. The summed E-state index contributed by atoms with van der Waals surface area (Å²) in [4.78, 5) is 19.5. The molecule has 1 aromatic carbocycles. The van der Waals surface area contributed by atoms with Crippen LogP contribution in [0.4, 0.5) is 0 Å². The molecule has 0 fully saturated rings. The topological polar surface area (TPSA) is 42.4 Å². The summed E-state index contributed by atoms with van der Waals surface area (Å²) in [6.45, 7) is 9.08. The number of halogens is 1. The number of rotatable bonds is 5. The number of ether oxygens (including phenoxy) is 1. The van der Waals surface area contributed by atoms with Gasteiger partial charge in [0.1, 0.15) is 17.2 Å². The van der Waals surface area contributed by atoms with Gasteiger partial charge in [0.2, 0.25) is 0 Å². The van der Waals surface area contributed by atoms with Crippen LogP contribution >= 0.6 is 22.9 Å². The number of amides is 1. The molecule has 24 heavy (non-hydrogen) atoms. The van der Waals surface area contributed by atoms with Gasteiger partial charge in [0, 0.05) is 17.5 Å². The molecule has 0 radical (unpaired) electrons. The molecule has 0 spiro atoms. The normalized spacial score (nSPS) is 11.4. The van der Waals surface area contributed by atoms with Gasteiger partial charge in [-0.2, -0.15) is 0 Å². The number of nitrogens with zero attached hydrogens (tertiary/aromatic N) is 2. The molecule has 0 unspecified atom stereocenters. The van der Waals surface area contributed by atoms with Crippen molar-refractivity contribution in [2.45, 2.75) is 33.1 Å². The third-order valence-corrected chi connectivity index (χ3v) is 5.28. The largest absolute Gasteiger partial charge is 0.492 e. The summed E-state index contributed by atoms with van der Waals surface area (Å²) in [5.41, 5.74) is 0.736. The first-order chi connectivity index (χ1) is 11.2. The van der Waals surface area contributed by atoms with Gasteiger partial charge in [0.25, 0.3) is 5.91 Å². The van der Waals surface area contributed by atoms with Gasteiger partial charge >= 0.3 is 0 Å². The molecule has 0 aliphatic carbocycles. The third kappa shape index (κ3) is 4.71. The molecule has 4 nitrogen and oxygen atoms in total. The molecule has 0 N–H and O–H groups in total. The molecular weight excluding hydrogens is 344 g/mol. The number of aryl methyl sites for hydroxylation is 1. The highest BCUT2D eigenvalue weighted by atomic mass is 35.5. The average molecular weight is 367 g/mol. The maximum Gasteiger partial charge on any atom is 0.265 e. The van der Waals surface area contributed by atoms with E-state index in [0.717, 1.165) is 10.7 Å². The minimum Gasteiger partial charge on any atom is -0.492 e. The Morgan fingerprint density at radius 2 is 2.08 bits per heavy atom. The fourth-order valence-corrected chi connectivity index (χ4v) is 3.35. The van der Waals surface area contributed by atoms with Gasteiger partial charge in [-0.05, 0) is 25.1 Å². The number of benzene rings is 1. The SMILES string of the molecule is Cc1nc(C(C)(C)C)sc1C(=O)N(C)CCOc1cccc(Cl)c1. The lowest BCUT2D eigenvalue weighted by molar-refractivity contribution is 0.0777. The summed E-state index contributed by atoms with van der Waals surface area (Å²) in [5, 5.41) is 1.61. The summed E-state index contributed by atoms with van der Waals surface area (Å²) >= 11 is 7.40. The Labute approximate surface area is 152 Å². The first-order valence-corrected chi connectivity index (χ1v) is 8.99. The molecule has 0 bridgehead atoms. The van der Waals surface area contributed by atoms with E-state index in [-0.39, 0.29) is 11.3 Å². The van der Waals surface area contributed by atoms with E-state index in [2.05, 4.69) is 25.8 Å². The molecule has 0 atom stereocenters. The van der Waals surface area contributed by atoms with Crippen LogP contribution in [-0.2, 0) is 5.41 Å². The molecule has 1 heterocycles. The highest BCUT2D eigenvalue weighted by Gasteiger charge is 2.24. The standard InChI is InChI=1S/C18H23ClN2O2S/c1-12-15(24-17(20-12)18(2,3)4)16(22)21(5)9-10-23-14-8-6-7-13(19)11-14/h6-8,11H,9-10H2,1-5H3. The second-order valence-corrected chi connectivity index (χ2v) is 8.15. The second kappa shape index (κ2) is 7.53. The molecule has 0 aliphatic heterocycles. The van der Waals surface area contributed by atoms with Crippen LogP contribution in [0, 0.1) is 6.92 Å². The molecule has 2 aromatic rings. The van der Waals surface area contributed by atoms with Crippen molar-refractivity contribution < 1.29 is 9.53 Å². The maximum atomic E-state index is 12.6. The number of carbonyl (C=O) groups is 1. The lowest BCUT2D eigenvalue weighted by Crippen LogP contribution is -2.30. The Morgan fingerprint density at radius 3 is 2.67 bits per heavy atom. The van der Waals surface area contributed by atoms with Gasteiger partial charge in [-0.25, -0.2) is 4.98 Å². The Morgan fingerprint density at radius 1 is 1.38 bits per heavy atom. The maximum absolute atomic E-state index is 12.6. The Balaban J connectivity index is 1.96. The van der Waals surface area contributed by atoms with Crippen molar-refractivity contribution in [3.63, 3.8) is 0 Å². The van der Waals surface area contributed by atoms with Crippen LogP contribution in [-0.4, -0.2) is 36.0 Å². The van der Waals surface area contributed by atoms with E-state index in [1.165, 1.54) is 11.3 Å². The molecule has 6 heteroatoms. The quantitative estimate of drug-likeness (QED) is 0.779. The van der Waals surface area contributed by atoms with Crippen molar-refractivity contribution in [2.24, 2.45) is 0 Å². The molecular formula is C18H23ClN2O2S. The Bertz CT molecular complexity index is 722. The number of thiazole rings is 1. The van der Waals surface area contributed by atoms with Gasteiger partial charge in [-0.3, -0.25) is 4.79 Å². The molecule has 0 saturated carbocycles. The molecule has 0 saturated heterocycles. The number of hydrogen-bond acceptors (Lipinski definition) is 4. The predicted molar refractivity (Wildman–Crippen MR) is 99.5 cm³/mol. The van der Waals surface area contributed by atoms with E-state index >= 15 is 0 Å². The zero-order valence-corrected chi connectivity index (χ0v) is 16.3. The molecule has 0 aliphatic rings. The van der Waals surface area contributed by atoms with Gasteiger partial charge in [-0.15, -0.1) is 11.3 Å². The summed E-state index contributed by atoms with van der Waals surface area (Å²) in [6.07, 6.45) is 0. The van der Waals surface area contributed by atoms with Crippen LogP contribution in [0.5, 0.6) is 5.75 Å². The monoisotopic (exact) mass is 366 g/mol. The molecule has 130 valence electrons. The average Bonchev–Trinajstić information content (AvgIpc) is 2.88. The second-order valence-electron chi connectivity index (χ2n) is 6.72. The minimum absolute atomic E-state index is 0.0183. The highest BCUT2D eigenvalue weighted by molar-refractivity contribution is 7.14. The lowest BCUT2D eigenvalue weighted by atomic mass is 9.98. The van der Waals surface area contributed by atoms with Crippen LogP contribution in [0.15, 0.2) is 24.3 Å². The van der Waals surface area contributed by atoms with E-state index in [0.29, 0.717) is 28.8 Å². The molecule has 1 amide bonds. The van der Waals surface area contributed by atoms with Gasteiger partial charge in [0.05, 0.1) is 17.2 Å². The van der Waals surface area contributed by atoms with Gasteiger partial charge in [0.15, 0.2) is 0 Å². The first-order valence-electron chi connectivity index (χ1n) is 7.80. The van der Waals surface area contributed by atoms with Gasteiger partial charge in [-0.1, -0.05) is 38.4 Å². The fraction of sp³-hybridized carbons (Fsp3) is 0.444. The number of carbonyl (C=O) groups excluding carboxylic acids is 1. The first kappa shape index (κ1) is 18.7. The summed E-state index contributed by atoms with van der Waals surface area (Å²) in [5.74, 6) is 0.683. The third-order valence-electron chi connectivity index (χ3n) is 3.47. The van der Waals surface area contributed by atoms with E-state index in [9.17, 15) is 4.79 Å². The zero-order valence-electron chi connectivity index (χ0n) is 14.7. The number of aromatic nitrogens is 1. The fourth-order valence-electron chi connectivity index (χ4n) is 2.05. The van der Waals surface area contributed by atoms with Crippen LogP contribution in [0.1, 0.15) is 41.1 Å². The van der Waals surface area contributed by atoms with Crippen molar-refractivity contribution in [3.8, 4) is 5.75 Å². The van der Waals surface area contributed by atoms with Gasteiger partial charge < -0.3 is 9.64 Å². The number of likely N-dealkylation sites (N-methyl/N-ethyl adjacent to an activating group) is 1. The van der Waals surface area contributed by atoms with Crippen molar-refractivity contribution in [1.82, 2.24) is 9.88 Å². The Hall–Kier alpha value is -1.59. The minimum atomic E-state index is -0.0534.